The van der Waals surface area contributed by atoms with Crippen molar-refractivity contribution in [1.82, 2.24) is 15.1 Å². The normalized spacial score (nSPS) is 17.2. The number of nitro benzene ring substituents is 1. The number of amides is 2. The van der Waals surface area contributed by atoms with Crippen LogP contribution >= 0.6 is 11.3 Å². The fourth-order valence-electron chi connectivity index (χ4n) is 4.90. The van der Waals surface area contributed by atoms with Crippen molar-refractivity contribution in [1.29, 1.82) is 0 Å². The number of piperidine rings is 1. The van der Waals surface area contributed by atoms with Crippen molar-refractivity contribution < 1.29 is 19.2 Å². The third-order valence-electron chi connectivity index (χ3n) is 6.88. The molecular formula is C28H33N5O5S. The lowest BCUT2D eigenvalue weighted by Gasteiger charge is -2.43. The van der Waals surface area contributed by atoms with Gasteiger partial charge >= 0.3 is 0 Å². The number of likely N-dealkylation sites (tertiary alicyclic amines) is 1. The fraction of sp³-hybridized carbons (Fsp3) is 0.357. The molecule has 2 amide bonds. The summed E-state index contributed by atoms with van der Waals surface area (Å²) in [5.41, 5.74) is 7.62. The average molecular weight is 552 g/mol. The highest BCUT2D eigenvalue weighted by atomic mass is 32.1. The number of hydrogen-bond acceptors (Lipinski definition) is 8. The van der Waals surface area contributed by atoms with Gasteiger partial charge in [-0.15, -0.1) is 11.3 Å². The van der Waals surface area contributed by atoms with Crippen LogP contribution < -0.4 is 15.8 Å². The summed E-state index contributed by atoms with van der Waals surface area (Å²) in [6.07, 6.45) is 1.12. The van der Waals surface area contributed by atoms with Crippen LogP contribution in [0.4, 0.5) is 5.69 Å². The molecule has 1 unspecified atom stereocenters. The predicted octanol–water partition coefficient (Wildman–Crippen LogP) is 3.42. The molecule has 1 aromatic heterocycles. The van der Waals surface area contributed by atoms with Crippen molar-refractivity contribution in [2.45, 2.75) is 38.0 Å². The molecule has 1 fully saturated rings. The minimum absolute atomic E-state index is 0.0209. The number of nitrogens with two attached hydrogens (primary N) is 1. The lowest BCUT2D eigenvalue weighted by Crippen LogP contribution is -2.57. The standard InChI is InChI=1S/C28H33N5O5S/c1-38-24-5-2-4-21(16-24)19-31(18-20-7-9-22(10-8-20)33(36)37)23-11-14-32(28(35)26-6-3-15-39-26)25(17-23)27(34)30-13-12-29/h2-10,15-16,23,25H,11-14,17-19,29H2,1H3,(H,30,34)/t23?,25-/m1/s1. The number of methoxy groups -OCH3 is 1. The molecule has 39 heavy (non-hydrogen) atoms. The predicted molar refractivity (Wildman–Crippen MR) is 150 cm³/mol. The van der Waals surface area contributed by atoms with Crippen molar-refractivity contribution in [2.75, 3.05) is 26.7 Å². The molecule has 0 aliphatic carbocycles. The summed E-state index contributed by atoms with van der Waals surface area (Å²) in [5.74, 6) is 0.385. The molecule has 11 heteroatoms. The molecule has 0 saturated carbocycles. The number of hydrogen-bond donors (Lipinski definition) is 2. The van der Waals surface area contributed by atoms with E-state index in [0.717, 1.165) is 16.9 Å². The molecule has 2 aromatic carbocycles. The second kappa shape index (κ2) is 13.3. The fourth-order valence-corrected chi connectivity index (χ4v) is 5.58. The molecule has 2 atom stereocenters. The van der Waals surface area contributed by atoms with Gasteiger partial charge in [0, 0.05) is 50.9 Å². The van der Waals surface area contributed by atoms with Gasteiger partial charge in [0.15, 0.2) is 0 Å². The smallest absolute Gasteiger partial charge is 0.269 e. The Hall–Kier alpha value is -3.80. The van der Waals surface area contributed by atoms with Gasteiger partial charge in [-0.2, -0.15) is 0 Å². The minimum Gasteiger partial charge on any atom is -0.497 e. The molecular weight excluding hydrogens is 518 g/mol. The van der Waals surface area contributed by atoms with Gasteiger partial charge in [0.25, 0.3) is 11.6 Å². The summed E-state index contributed by atoms with van der Waals surface area (Å²) in [4.78, 5) is 41.8. The Morgan fingerprint density at radius 2 is 1.92 bits per heavy atom. The molecule has 2 heterocycles. The number of thiophene rings is 1. The number of nitrogens with one attached hydrogen (secondary N) is 1. The number of benzene rings is 2. The van der Waals surface area contributed by atoms with Gasteiger partial charge in [0.2, 0.25) is 5.91 Å². The number of non-ortho nitro benzene ring substituents is 1. The van der Waals surface area contributed by atoms with E-state index in [1.165, 1.54) is 23.5 Å². The molecule has 1 aliphatic heterocycles. The summed E-state index contributed by atoms with van der Waals surface area (Å²) >= 11 is 1.36. The van der Waals surface area contributed by atoms with Crippen molar-refractivity contribution in [3.05, 3.63) is 92.2 Å². The van der Waals surface area contributed by atoms with Gasteiger partial charge < -0.3 is 20.7 Å². The molecule has 1 saturated heterocycles. The maximum Gasteiger partial charge on any atom is 0.269 e. The highest BCUT2D eigenvalue weighted by Gasteiger charge is 2.38. The van der Waals surface area contributed by atoms with Crippen molar-refractivity contribution in [2.24, 2.45) is 5.73 Å². The molecule has 0 spiro atoms. The van der Waals surface area contributed by atoms with Gasteiger partial charge in [-0.05, 0) is 47.5 Å². The molecule has 10 nitrogen and oxygen atoms in total. The molecule has 0 radical (unpaired) electrons. The van der Waals surface area contributed by atoms with Crippen molar-refractivity contribution in [3.8, 4) is 5.75 Å². The monoisotopic (exact) mass is 551 g/mol. The Kier molecular flexibility index (Phi) is 9.64. The first kappa shape index (κ1) is 28.2. The Morgan fingerprint density at radius 1 is 1.15 bits per heavy atom. The summed E-state index contributed by atoms with van der Waals surface area (Å²) in [6.45, 7) is 2.17. The van der Waals surface area contributed by atoms with Crippen LogP contribution in [0.3, 0.4) is 0 Å². The van der Waals surface area contributed by atoms with E-state index in [0.29, 0.717) is 50.4 Å². The van der Waals surface area contributed by atoms with Crippen LogP contribution in [0.2, 0.25) is 0 Å². The number of nitro groups is 1. The second-order valence-electron chi connectivity index (χ2n) is 9.43. The van der Waals surface area contributed by atoms with Gasteiger partial charge in [-0.25, -0.2) is 0 Å². The maximum absolute atomic E-state index is 13.3. The quantitative estimate of drug-likeness (QED) is 0.276. The molecule has 4 rings (SSSR count). The Morgan fingerprint density at radius 3 is 2.59 bits per heavy atom. The molecule has 3 N–H and O–H groups in total. The summed E-state index contributed by atoms with van der Waals surface area (Å²) in [7, 11) is 1.62. The van der Waals surface area contributed by atoms with Gasteiger partial charge in [-0.3, -0.25) is 24.6 Å². The summed E-state index contributed by atoms with van der Waals surface area (Å²) < 4.78 is 5.41. The van der Waals surface area contributed by atoms with Crippen LogP contribution in [0.25, 0.3) is 0 Å². The first-order valence-electron chi connectivity index (χ1n) is 12.8. The number of rotatable bonds is 11. The number of carbonyl (C=O) groups excluding carboxylic acids is 2. The maximum atomic E-state index is 13.3. The molecule has 3 aromatic rings. The minimum atomic E-state index is -0.644. The molecule has 206 valence electrons. The number of nitrogens with zero attached hydrogens (tertiary/aromatic N) is 3. The second-order valence-corrected chi connectivity index (χ2v) is 10.4. The number of ether oxygens (including phenoxy) is 1. The van der Waals surface area contributed by atoms with E-state index in [1.54, 1.807) is 30.2 Å². The molecule has 0 bridgehead atoms. The van der Waals surface area contributed by atoms with E-state index in [1.807, 2.05) is 35.7 Å². The zero-order chi connectivity index (χ0) is 27.8. The summed E-state index contributed by atoms with van der Waals surface area (Å²) in [6, 6.07) is 17.3. The Balaban J connectivity index is 1.61. The zero-order valence-electron chi connectivity index (χ0n) is 21.8. The third-order valence-corrected chi connectivity index (χ3v) is 7.74. The first-order chi connectivity index (χ1) is 18.9. The van der Waals surface area contributed by atoms with Gasteiger partial charge in [0.1, 0.15) is 11.8 Å². The zero-order valence-corrected chi connectivity index (χ0v) is 22.6. The lowest BCUT2D eigenvalue weighted by atomic mass is 9.93. The van der Waals surface area contributed by atoms with Crippen LogP contribution in [0.15, 0.2) is 66.0 Å². The lowest BCUT2D eigenvalue weighted by molar-refractivity contribution is -0.384. The highest BCUT2D eigenvalue weighted by Crippen LogP contribution is 2.28. The van der Waals surface area contributed by atoms with E-state index in [-0.39, 0.29) is 23.5 Å². The van der Waals surface area contributed by atoms with E-state index >= 15 is 0 Å². The third kappa shape index (κ3) is 7.20. The van der Waals surface area contributed by atoms with E-state index in [4.69, 9.17) is 10.5 Å². The first-order valence-corrected chi connectivity index (χ1v) is 13.7. The van der Waals surface area contributed by atoms with Crippen LogP contribution in [-0.4, -0.2) is 65.4 Å². The topological polar surface area (TPSA) is 131 Å². The van der Waals surface area contributed by atoms with Crippen molar-refractivity contribution in [3.63, 3.8) is 0 Å². The van der Waals surface area contributed by atoms with Gasteiger partial charge in [-0.1, -0.05) is 30.3 Å². The van der Waals surface area contributed by atoms with Crippen LogP contribution in [-0.2, 0) is 17.9 Å². The average Bonchev–Trinajstić information content (AvgIpc) is 3.50. The van der Waals surface area contributed by atoms with Crippen molar-refractivity contribution >= 4 is 28.8 Å². The van der Waals surface area contributed by atoms with Gasteiger partial charge in [0.05, 0.1) is 16.9 Å². The Labute approximate surface area is 231 Å². The van der Waals surface area contributed by atoms with E-state index in [9.17, 15) is 19.7 Å². The summed E-state index contributed by atoms with van der Waals surface area (Å²) in [5, 5.41) is 15.9. The largest absolute Gasteiger partial charge is 0.497 e. The SMILES string of the molecule is COc1cccc(CN(Cc2ccc([N+](=O)[O-])cc2)C2CCN(C(=O)c3cccs3)[C@@H](C(=O)NCCN)C2)c1. The van der Waals surface area contributed by atoms with Crippen LogP contribution in [0.5, 0.6) is 5.75 Å². The van der Waals surface area contributed by atoms with E-state index < -0.39 is 11.0 Å². The molecule has 1 aliphatic rings. The van der Waals surface area contributed by atoms with Crippen LogP contribution in [0, 0.1) is 10.1 Å². The van der Waals surface area contributed by atoms with Crippen LogP contribution in [0.1, 0.15) is 33.6 Å². The Bertz CT molecular complexity index is 1270. The highest BCUT2D eigenvalue weighted by molar-refractivity contribution is 7.12. The van der Waals surface area contributed by atoms with E-state index in [2.05, 4.69) is 10.2 Å². The number of carbonyl (C=O) groups is 2.